The van der Waals surface area contributed by atoms with Gasteiger partial charge < -0.3 is 19.3 Å². The number of nitrogens with zero attached hydrogens (tertiary/aromatic N) is 6. The molecule has 4 heterocycles. The van der Waals surface area contributed by atoms with Crippen molar-refractivity contribution in [3.8, 4) is 0 Å². The average Bonchev–Trinajstić information content (AvgIpc) is 3.18. The smallest absolute Gasteiger partial charge is 0.254 e. The van der Waals surface area contributed by atoms with Crippen LogP contribution in [0.25, 0.3) is 0 Å². The Kier molecular flexibility index (Phi) is 4.57. The van der Waals surface area contributed by atoms with Gasteiger partial charge in [-0.05, 0) is 6.07 Å². The molecule has 148 valence electrons. The van der Waals surface area contributed by atoms with Crippen molar-refractivity contribution in [2.75, 3.05) is 52.6 Å². The topological polar surface area (TPSA) is 77.3 Å². The lowest BCUT2D eigenvalue weighted by Crippen LogP contribution is -2.55. The van der Waals surface area contributed by atoms with E-state index in [0.29, 0.717) is 57.0 Å². The van der Waals surface area contributed by atoms with E-state index in [1.54, 1.807) is 12.1 Å². The number of aliphatic imine (C=N–C) groups is 2. The number of benzene rings is 1. The van der Waals surface area contributed by atoms with E-state index in [-0.39, 0.29) is 5.82 Å². The minimum atomic E-state index is -0.493. The molecule has 1 aromatic rings. The monoisotopic (exact) mass is 387 g/mol. The third-order valence-corrected chi connectivity index (χ3v) is 5.16. The molecule has 0 spiro atoms. The van der Waals surface area contributed by atoms with Gasteiger partial charge in [0, 0.05) is 31.7 Å². The molecule has 1 aromatic carbocycles. The van der Waals surface area contributed by atoms with Crippen molar-refractivity contribution in [2.45, 2.75) is 6.17 Å². The average molecular weight is 387 g/mol. The molecule has 28 heavy (non-hydrogen) atoms. The molecule has 0 radical (unpaired) electrons. The van der Waals surface area contributed by atoms with Crippen LogP contribution in [0.2, 0.25) is 0 Å². The third-order valence-electron chi connectivity index (χ3n) is 5.16. The molecule has 2 saturated heterocycles. The Morgan fingerprint density at radius 3 is 2.29 bits per heavy atom. The van der Waals surface area contributed by atoms with Gasteiger partial charge in [-0.15, -0.1) is 5.10 Å². The zero-order valence-corrected chi connectivity index (χ0v) is 15.4. The number of hydrazone groups is 1. The van der Waals surface area contributed by atoms with Crippen molar-refractivity contribution in [1.82, 2.24) is 20.1 Å². The number of ether oxygens (including phenoxy) is 2. The van der Waals surface area contributed by atoms with E-state index >= 15 is 0 Å². The van der Waals surface area contributed by atoms with E-state index in [2.05, 4.69) is 25.3 Å². The molecule has 10 heteroatoms. The second kappa shape index (κ2) is 7.36. The minimum Gasteiger partial charge on any atom is -0.378 e. The summed E-state index contributed by atoms with van der Waals surface area (Å²) in [5.74, 6) is 1.54. The predicted octanol–water partition coefficient (Wildman–Crippen LogP) is 0.391. The molecule has 0 aliphatic carbocycles. The zero-order valence-electron chi connectivity index (χ0n) is 15.4. The molecular formula is C18H22FN7O2. The van der Waals surface area contributed by atoms with E-state index in [4.69, 9.17) is 14.5 Å². The van der Waals surface area contributed by atoms with Gasteiger partial charge in [0.1, 0.15) is 5.82 Å². The van der Waals surface area contributed by atoms with E-state index < -0.39 is 6.17 Å². The number of nitrogens with one attached hydrogen (secondary N) is 1. The molecule has 4 aliphatic rings. The van der Waals surface area contributed by atoms with Gasteiger partial charge >= 0.3 is 0 Å². The first-order valence-corrected chi connectivity index (χ1v) is 9.51. The Balaban J connectivity index is 1.51. The summed E-state index contributed by atoms with van der Waals surface area (Å²) in [6, 6.07) is 6.70. The SMILES string of the molecule is Fc1ccccc1C1NN=C2N=C(N3CCOCC3)N=C(N3CCOCC3)N21. The second-order valence-corrected chi connectivity index (χ2v) is 6.86. The van der Waals surface area contributed by atoms with Crippen LogP contribution in [0, 0.1) is 5.82 Å². The van der Waals surface area contributed by atoms with Crippen LogP contribution < -0.4 is 5.43 Å². The van der Waals surface area contributed by atoms with Crippen molar-refractivity contribution in [3.63, 3.8) is 0 Å². The van der Waals surface area contributed by atoms with E-state index in [9.17, 15) is 4.39 Å². The summed E-state index contributed by atoms with van der Waals surface area (Å²) < 4.78 is 25.4. The number of guanidine groups is 3. The van der Waals surface area contributed by atoms with Crippen LogP contribution in [-0.4, -0.2) is 85.2 Å². The predicted molar refractivity (Wildman–Crippen MR) is 101 cm³/mol. The maximum absolute atomic E-state index is 14.5. The summed E-state index contributed by atoms with van der Waals surface area (Å²) in [7, 11) is 0. The van der Waals surface area contributed by atoms with Gasteiger partial charge in [-0.1, -0.05) is 18.2 Å². The lowest BCUT2D eigenvalue weighted by Gasteiger charge is -2.39. The molecule has 0 aromatic heterocycles. The molecule has 9 nitrogen and oxygen atoms in total. The fraction of sp³-hybridized carbons (Fsp3) is 0.500. The van der Waals surface area contributed by atoms with Crippen LogP contribution in [0.15, 0.2) is 39.4 Å². The summed E-state index contributed by atoms with van der Waals surface area (Å²) >= 11 is 0. The number of fused-ring (bicyclic) bond motifs is 1. The molecule has 5 rings (SSSR count). The first kappa shape index (κ1) is 17.4. The summed E-state index contributed by atoms with van der Waals surface area (Å²) in [5.41, 5.74) is 3.54. The first-order valence-electron chi connectivity index (χ1n) is 9.51. The van der Waals surface area contributed by atoms with Crippen LogP contribution in [0.1, 0.15) is 11.7 Å². The number of morpholine rings is 2. The van der Waals surface area contributed by atoms with Crippen molar-refractivity contribution in [2.24, 2.45) is 15.1 Å². The Labute approximate surface area is 162 Å². The van der Waals surface area contributed by atoms with Crippen molar-refractivity contribution >= 4 is 17.9 Å². The van der Waals surface area contributed by atoms with Crippen LogP contribution >= 0.6 is 0 Å². The summed E-state index contributed by atoms with van der Waals surface area (Å²) in [5, 5.41) is 4.39. The Hall–Kier alpha value is -2.72. The molecule has 1 N–H and O–H groups in total. The maximum Gasteiger partial charge on any atom is 0.254 e. The number of hydrogen-bond donors (Lipinski definition) is 1. The van der Waals surface area contributed by atoms with Crippen LogP contribution in [0.3, 0.4) is 0 Å². The standard InChI is InChI=1S/C18H22FN7O2/c19-14-4-2-1-3-13(14)15-22-23-17-20-16(24-5-9-27-10-6-24)21-18(26(15)17)25-7-11-28-12-8-25/h1-4,15,22H,5-12H2. The number of hydrogen-bond acceptors (Lipinski definition) is 9. The largest absolute Gasteiger partial charge is 0.378 e. The quantitative estimate of drug-likeness (QED) is 0.751. The van der Waals surface area contributed by atoms with Crippen LogP contribution in [0.4, 0.5) is 4.39 Å². The summed E-state index contributed by atoms with van der Waals surface area (Å²) in [6.07, 6.45) is -0.493. The van der Waals surface area contributed by atoms with Gasteiger partial charge in [-0.2, -0.15) is 9.98 Å². The fourth-order valence-electron chi connectivity index (χ4n) is 3.68. The van der Waals surface area contributed by atoms with Crippen molar-refractivity contribution in [3.05, 3.63) is 35.6 Å². The molecule has 4 aliphatic heterocycles. The zero-order chi connectivity index (χ0) is 18.9. The molecule has 0 bridgehead atoms. The molecule has 1 unspecified atom stereocenters. The highest BCUT2D eigenvalue weighted by Gasteiger charge is 2.40. The van der Waals surface area contributed by atoms with Crippen LogP contribution in [-0.2, 0) is 9.47 Å². The molecular weight excluding hydrogens is 365 g/mol. The van der Waals surface area contributed by atoms with Gasteiger partial charge in [0.05, 0.1) is 26.4 Å². The molecule has 2 fully saturated rings. The Morgan fingerprint density at radius 1 is 0.893 bits per heavy atom. The lowest BCUT2D eigenvalue weighted by molar-refractivity contribution is 0.0618. The first-order chi connectivity index (χ1) is 13.8. The van der Waals surface area contributed by atoms with Crippen molar-refractivity contribution < 1.29 is 13.9 Å². The maximum atomic E-state index is 14.5. The third kappa shape index (κ3) is 3.08. The van der Waals surface area contributed by atoms with Crippen molar-refractivity contribution in [1.29, 1.82) is 0 Å². The fourth-order valence-corrected chi connectivity index (χ4v) is 3.68. The van der Waals surface area contributed by atoms with E-state index in [1.807, 2.05) is 11.0 Å². The van der Waals surface area contributed by atoms with Gasteiger partial charge in [0.15, 0.2) is 6.17 Å². The van der Waals surface area contributed by atoms with E-state index in [0.717, 1.165) is 19.0 Å². The summed E-state index contributed by atoms with van der Waals surface area (Å²) in [4.78, 5) is 15.6. The van der Waals surface area contributed by atoms with Gasteiger partial charge in [-0.25, -0.2) is 4.39 Å². The van der Waals surface area contributed by atoms with Gasteiger partial charge in [0.2, 0.25) is 11.9 Å². The highest BCUT2D eigenvalue weighted by atomic mass is 19.1. The molecule has 0 amide bonds. The highest BCUT2D eigenvalue weighted by molar-refractivity contribution is 6.12. The van der Waals surface area contributed by atoms with Crippen LogP contribution in [0.5, 0.6) is 0 Å². The number of halogens is 1. The Morgan fingerprint density at radius 2 is 1.57 bits per heavy atom. The lowest BCUT2D eigenvalue weighted by atomic mass is 10.1. The summed E-state index contributed by atoms with van der Waals surface area (Å²) in [6.45, 7) is 5.43. The second-order valence-electron chi connectivity index (χ2n) is 6.86. The van der Waals surface area contributed by atoms with Gasteiger partial charge in [-0.3, -0.25) is 10.3 Å². The number of rotatable bonds is 1. The molecule has 1 atom stereocenters. The highest BCUT2D eigenvalue weighted by Crippen LogP contribution is 2.29. The molecule has 0 saturated carbocycles. The van der Waals surface area contributed by atoms with E-state index in [1.165, 1.54) is 6.07 Å². The normalized spacial score (nSPS) is 25.0. The van der Waals surface area contributed by atoms with Gasteiger partial charge in [0.25, 0.3) is 5.96 Å². The Bertz CT molecular complexity index is 831. The minimum absolute atomic E-state index is 0.291.